The molecule has 2 heterocycles. The quantitative estimate of drug-likeness (QED) is 0.785. The van der Waals surface area contributed by atoms with E-state index < -0.39 is 16.0 Å². The first-order valence-electron chi connectivity index (χ1n) is 7.52. The monoisotopic (exact) mass is 351 g/mol. The predicted molar refractivity (Wildman–Crippen MR) is 88.2 cm³/mol. The van der Waals surface area contributed by atoms with Crippen molar-refractivity contribution in [3.8, 4) is 5.75 Å². The number of anilines is 1. The summed E-state index contributed by atoms with van der Waals surface area (Å²) in [4.78, 5) is 5.95. The molecule has 1 aliphatic rings. The molecule has 0 bridgehead atoms. The Morgan fingerprint density at radius 2 is 1.71 bits per heavy atom. The Morgan fingerprint density at radius 3 is 2.29 bits per heavy atom. The topological polar surface area (TPSA) is 62.7 Å². The number of hydrogen-bond acceptors (Lipinski definition) is 5. The van der Waals surface area contributed by atoms with E-state index in [0.717, 1.165) is 0 Å². The summed E-state index contributed by atoms with van der Waals surface area (Å²) in [7, 11) is -2.01. The van der Waals surface area contributed by atoms with Crippen molar-refractivity contribution in [3.05, 3.63) is 48.4 Å². The van der Waals surface area contributed by atoms with Gasteiger partial charge < -0.3 is 9.64 Å². The Hall–Kier alpha value is -2.19. The molecule has 0 spiro atoms. The molecule has 6 nitrogen and oxygen atoms in total. The molecule has 8 heteroatoms. The van der Waals surface area contributed by atoms with Crippen molar-refractivity contribution < 1.29 is 17.5 Å². The maximum Gasteiger partial charge on any atom is 0.243 e. The molecule has 1 aromatic heterocycles. The van der Waals surface area contributed by atoms with Crippen molar-refractivity contribution in [1.82, 2.24) is 9.29 Å². The van der Waals surface area contributed by atoms with Crippen LogP contribution >= 0.6 is 0 Å². The lowest BCUT2D eigenvalue weighted by Gasteiger charge is -2.34. The number of aromatic nitrogens is 1. The fourth-order valence-corrected chi connectivity index (χ4v) is 4.05. The number of piperazine rings is 1. The van der Waals surface area contributed by atoms with Gasteiger partial charge >= 0.3 is 0 Å². The molecule has 0 amide bonds. The van der Waals surface area contributed by atoms with Crippen LogP contribution < -0.4 is 9.64 Å². The minimum absolute atomic E-state index is 0.237. The summed E-state index contributed by atoms with van der Waals surface area (Å²) in [5.41, 5.74) is 0. The number of benzene rings is 1. The molecule has 0 radical (unpaired) electrons. The molecular weight excluding hydrogens is 333 g/mol. The second kappa shape index (κ2) is 6.74. The third-order valence-electron chi connectivity index (χ3n) is 3.96. The highest BCUT2D eigenvalue weighted by Gasteiger charge is 2.28. The second-order valence-corrected chi connectivity index (χ2v) is 7.32. The van der Waals surface area contributed by atoms with Crippen LogP contribution in [0.1, 0.15) is 0 Å². The summed E-state index contributed by atoms with van der Waals surface area (Å²) in [5.74, 6) is 0.591. The van der Waals surface area contributed by atoms with Gasteiger partial charge in [-0.15, -0.1) is 0 Å². The molecule has 0 saturated carbocycles. The maximum atomic E-state index is 13.2. The first kappa shape index (κ1) is 16.7. The molecule has 1 aromatic carbocycles. The molecule has 0 atom stereocenters. The highest BCUT2D eigenvalue weighted by atomic mass is 32.2. The zero-order valence-corrected chi connectivity index (χ0v) is 14.0. The number of ether oxygens (including phenoxy) is 1. The number of sulfonamides is 1. The molecule has 0 aliphatic carbocycles. The number of methoxy groups -OCH3 is 1. The maximum absolute atomic E-state index is 13.2. The van der Waals surface area contributed by atoms with Crippen LogP contribution in [0.5, 0.6) is 5.75 Å². The van der Waals surface area contributed by atoms with Crippen LogP contribution in [0, 0.1) is 5.95 Å². The van der Waals surface area contributed by atoms with Gasteiger partial charge in [-0.1, -0.05) is 6.07 Å². The van der Waals surface area contributed by atoms with Gasteiger partial charge in [-0.3, -0.25) is 0 Å². The van der Waals surface area contributed by atoms with E-state index in [1.165, 1.54) is 29.6 Å². The summed E-state index contributed by atoms with van der Waals surface area (Å²) in [5, 5.41) is 0. The van der Waals surface area contributed by atoms with E-state index in [1.807, 2.05) is 4.90 Å². The summed E-state index contributed by atoms with van der Waals surface area (Å²) in [6.07, 6.45) is 0. The summed E-state index contributed by atoms with van der Waals surface area (Å²) in [6.45, 7) is 1.58. The largest absolute Gasteiger partial charge is 0.497 e. The molecule has 0 N–H and O–H groups in total. The second-order valence-electron chi connectivity index (χ2n) is 5.39. The normalized spacial score (nSPS) is 16.2. The van der Waals surface area contributed by atoms with Crippen molar-refractivity contribution in [2.45, 2.75) is 4.90 Å². The van der Waals surface area contributed by atoms with Gasteiger partial charge in [0.2, 0.25) is 16.0 Å². The highest BCUT2D eigenvalue weighted by Crippen LogP contribution is 2.22. The molecule has 1 fully saturated rings. The number of hydrogen-bond donors (Lipinski definition) is 0. The van der Waals surface area contributed by atoms with Crippen LogP contribution in [-0.4, -0.2) is 51.0 Å². The first-order valence-corrected chi connectivity index (χ1v) is 8.96. The third kappa shape index (κ3) is 3.34. The summed E-state index contributed by atoms with van der Waals surface area (Å²) < 4.78 is 45.0. The van der Waals surface area contributed by atoms with Crippen molar-refractivity contribution >= 4 is 15.8 Å². The van der Waals surface area contributed by atoms with Crippen LogP contribution in [0.25, 0.3) is 0 Å². The van der Waals surface area contributed by atoms with Crippen molar-refractivity contribution in [1.29, 1.82) is 0 Å². The van der Waals surface area contributed by atoms with Gasteiger partial charge in [0.25, 0.3) is 0 Å². The van der Waals surface area contributed by atoms with Crippen LogP contribution in [0.3, 0.4) is 0 Å². The Labute approximate surface area is 140 Å². The number of nitrogens with zero attached hydrogens (tertiary/aromatic N) is 3. The average Bonchev–Trinajstić information content (AvgIpc) is 2.62. The third-order valence-corrected chi connectivity index (χ3v) is 5.87. The molecule has 3 rings (SSSR count). The molecule has 128 valence electrons. The SMILES string of the molecule is COc1ccc(S(=O)(=O)N2CCN(c3cccc(F)n3)CC2)cc1. The minimum Gasteiger partial charge on any atom is -0.497 e. The lowest BCUT2D eigenvalue weighted by Crippen LogP contribution is -2.48. The molecule has 0 unspecified atom stereocenters. The van der Waals surface area contributed by atoms with Gasteiger partial charge in [0.1, 0.15) is 11.6 Å². The zero-order chi connectivity index (χ0) is 17.2. The number of halogens is 1. The fraction of sp³-hybridized carbons (Fsp3) is 0.312. The van der Waals surface area contributed by atoms with Gasteiger partial charge in [-0.05, 0) is 36.4 Å². The van der Waals surface area contributed by atoms with E-state index in [1.54, 1.807) is 24.3 Å². The van der Waals surface area contributed by atoms with Gasteiger partial charge in [0.05, 0.1) is 12.0 Å². The van der Waals surface area contributed by atoms with Gasteiger partial charge in [-0.2, -0.15) is 8.70 Å². The van der Waals surface area contributed by atoms with Crippen LogP contribution in [-0.2, 0) is 10.0 Å². The zero-order valence-electron chi connectivity index (χ0n) is 13.2. The standard InChI is InChI=1S/C16H18FN3O3S/c1-23-13-5-7-14(8-6-13)24(21,22)20-11-9-19(10-12-20)16-4-2-3-15(17)18-16/h2-8H,9-12H2,1H3. The predicted octanol–water partition coefficient (Wildman–Crippen LogP) is 1.74. The molecular formula is C16H18FN3O3S. The van der Waals surface area contributed by atoms with Crippen molar-refractivity contribution in [2.24, 2.45) is 0 Å². The van der Waals surface area contributed by atoms with Gasteiger partial charge in [0.15, 0.2) is 0 Å². The average molecular weight is 351 g/mol. The van der Waals surface area contributed by atoms with Crippen molar-refractivity contribution in [2.75, 3.05) is 38.2 Å². The van der Waals surface area contributed by atoms with E-state index in [-0.39, 0.29) is 4.90 Å². The van der Waals surface area contributed by atoms with E-state index in [9.17, 15) is 12.8 Å². The van der Waals surface area contributed by atoms with E-state index in [4.69, 9.17) is 4.74 Å². The van der Waals surface area contributed by atoms with E-state index >= 15 is 0 Å². The first-order chi connectivity index (χ1) is 11.5. The Kier molecular flexibility index (Phi) is 4.68. The van der Waals surface area contributed by atoms with Crippen LogP contribution in [0.2, 0.25) is 0 Å². The Balaban J connectivity index is 1.71. The van der Waals surface area contributed by atoms with Gasteiger partial charge in [-0.25, -0.2) is 13.4 Å². The molecule has 24 heavy (non-hydrogen) atoms. The fourth-order valence-electron chi connectivity index (χ4n) is 2.63. The lowest BCUT2D eigenvalue weighted by atomic mass is 10.3. The smallest absolute Gasteiger partial charge is 0.243 e. The molecule has 1 aliphatic heterocycles. The van der Waals surface area contributed by atoms with Crippen molar-refractivity contribution in [3.63, 3.8) is 0 Å². The summed E-state index contributed by atoms with van der Waals surface area (Å²) >= 11 is 0. The Bertz CT molecular complexity index is 804. The van der Waals surface area contributed by atoms with Crippen LogP contribution in [0.4, 0.5) is 10.2 Å². The minimum atomic E-state index is -3.54. The summed E-state index contributed by atoms with van der Waals surface area (Å²) in [6, 6.07) is 10.9. The Morgan fingerprint density at radius 1 is 1.04 bits per heavy atom. The molecule has 2 aromatic rings. The number of rotatable bonds is 4. The van der Waals surface area contributed by atoms with Crippen LogP contribution in [0.15, 0.2) is 47.4 Å². The van der Waals surface area contributed by atoms with E-state index in [2.05, 4.69) is 4.98 Å². The lowest BCUT2D eigenvalue weighted by molar-refractivity contribution is 0.383. The number of pyridine rings is 1. The van der Waals surface area contributed by atoms with Gasteiger partial charge in [0, 0.05) is 26.2 Å². The highest BCUT2D eigenvalue weighted by molar-refractivity contribution is 7.89. The molecule has 1 saturated heterocycles. The van der Waals surface area contributed by atoms with E-state index in [0.29, 0.717) is 37.7 Å².